The summed E-state index contributed by atoms with van der Waals surface area (Å²) in [5, 5.41) is 3.25. The van der Waals surface area contributed by atoms with E-state index < -0.39 is 9.84 Å². The van der Waals surface area contributed by atoms with E-state index >= 15 is 0 Å². The second-order valence-corrected chi connectivity index (χ2v) is 8.44. The second kappa shape index (κ2) is 8.36. The van der Waals surface area contributed by atoms with Crippen LogP contribution in [0.2, 0.25) is 0 Å². The van der Waals surface area contributed by atoms with E-state index in [1.807, 2.05) is 12.1 Å². The maximum atomic E-state index is 11.4. The van der Waals surface area contributed by atoms with Gasteiger partial charge in [0, 0.05) is 12.3 Å². The number of nitrogens with one attached hydrogen (secondary N) is 1. The average molecular weight is 429 g/mol. The Labute approximate surface area is 137 Å². The first-order chi connectivity index (χ1) is 9.39. The number of hydrogen-bond donors (Lipinski definition) is 1. The van der Waals surface area contributed by atoms with Gasteiger partial charge in [0.25, 0.3) is 0 Å². The number of halogens is 2. The SMILES string of the molecule is CCNCc1cc(Br)c(OCCS(=O)(=O)CC)c(Br)c1. The largest absolute Gasteiger partial charge is 0.490 e. The summed E-state index contributed by atoms with van der Waals surface area (Å²) in [4.78, 5) is 0. The van der Waals surface area contributed by atoms with Crippen LogP contribution in [0.4, 0.5) is 0 Å². The van der Waals surface area contributed by atoms with Crippen molar-refractivity contribution in [3.05, 3.63) is 26.6 Å². The van der Waals surface area contributed by atoms with Crippen LogP contribution >= 0.6 is 31.9 Å². The van der Waals surface area contributed by atoms with E-state index in [0.29, 0.717) is 5.75 Å². The van der Waals surface area contributed by atoms with Gasteiger partial charge >= 0.3 is 0 Å². The Morgan fingerprint density at radius 1 is 1.20 bits per heavy atom. The van der Waals surface area contributed by atoms with E-state index in [2.05, 4.69) is 44.1 Å². The van der Waals surface area contributed by atoms with Crippen LogP contribution in [0.1, 0.15) is 19.4 Å². The van der Waals surface area contributed by atoms with Gasteiger partial charge in [-0.2, -0.15) is 0 Å². The molecule has 1 rings (SSSR count). The molecule has 114 valence electrons. The van der Waals surface area contributed by atoms with Crippen LogP contribution in [0.3, 0.4) is 0 Å². The molecule has 0 amide bonds. The number of rotatable bonds is 8. The highest BCUT2D eigenvalue weighted by Crippen LogP contribution is 2.34. The van der Waals surface area contributed by atoms with E-state index in [0.717, 1.165) is 27.6 Å². The number of benzene rings is 1. The summed E-state index contributed by atoms with van der Waals surface area (Å²) in [5.41, 5.74) is 1.12. The molecule has 7 heteroatoms. The van der Waals surface area contributed by atoms with Crippen molar-refractivity contribution in [1.29, 1.82) is 0 Å². The van der Waals surface area contributed by atoms with Gasteiger partial charge in [0.1, 0.15) is 12.4 Å². The molecule has 0 fully saturated rings. The molecule has 1 N–H and O–H groups in total. The van der Waals surface area contributed by atoms with Gasteiger partial charge in [-0.1, -0.05) is 13.8 Å². The molecule has 20 heavy (non-hydrogen) atoms. The fraction of sp³-hybridized carbons (Fsp3) is 0.538. The normalized spacial score (nSPS) is 11.6. The van der Waals surface area contributed by atoms with Crippen molar-refractivity contribution >= 4 is 41.7 Å². The van der Waals surface area contributed by atoms with E-state index in [-0.39, 0.29) is 18.1 Å². The Kier molecular flexibility index (Phi) is 7.50. The molecule has 0 bridgehead atoms. The zero-order chi connectivity index (χ0) is 15.2. The van der Waals surface area contributed by atoms with Crippen LogP contribution in [0, 0.1) is 0 Å². The standard InChI is InChI=1S/C13H19Br2NO3S/c1-3-16-9-10-7-11(14)13(12(15)8-10)19-5-6-20(17,18)4-2/h7-8,16H,3-6,9H2,1-2H3. The van der Waals surface area contributed by atoms with Gasteiger partial charge in [-0.05, 0) is 56.1 Å². The van der Waals surface area contributed by atoms with Gasteiger partial charge in [-0.25, -0.2) is 8.42 Å². The Balaban J connectivity index is 2.71. The van der Waals surface area contributed by atoms with Crippen LogP contribution in [0.15, 0.2) is 21.1 Å². The molecule has 0 radical (unpaired) electrons. The molecule has 0 saturated carbocycles. The van der Waals surface area contributed by atoms with Crippen molar-refractivity contribution in [3.8, 4) is 5.75 Å². The highest BCUT2D eigenvalue weighted by molar-refractivity contribution is 9.11. The van der Waals surface area contributed by atoms with E-state index in [1.54, 1.807) is 6.92 Å². The van der Waals surface area contributed by atoms with Crippen LogP contribution < -0.4 is 10.1 Å². The minimum Gasteiger partial charge on any atom is -0.490 e. The minimum absolute atomic E-state index is 0.0293. The van der Waals surface area contributed by atoms with Crippen molar-refractivity contribution in [2.75, 3.05) is 24.7 Å². The topological polar surface area (TPSA) is 55.4 Å². The summed E-state index contributed by atoms with van der Waals surface area (Å²) in [6.45, 7) is 5.52. The molecule has 0 spiro atoms. The van der Waals surface area contributed by atoms with E-state index in [4.69, 9.17) is 4.74 Å². The summed E-state index contributed by atoms with van der Waals surface area (Å²) in [6.07, 6.45) is 0. The van der Waals surface area contributed by atoms with Crippen LogP contribution in [0.5, 0.6) is 5.75 Å². The molecule has 0 aromatic heterocycles. The summed E-state index contributed by atoms with van der Waals surface area (Å²) in [7, 11) is -3.00. The van der Waals surface area contributed by atoms with Crippen molar-refractivity contribution in [2.45, 2.75) is 20.4 Å². The highest BCUT2D eigenvalue weighted by atomic mass is 79.9. The molecular weight excluding hydrogens is 410 g/mol. The Bertz CT molecular complexity index is 524. The predicted molar refractivity (Wildman–Crippen MR) is 89.0 cm³/mol. The van der Waals surface area contributed by atoms with Gasteiger partial charge in [-0.15, -0.1) is 0 Å². The van der Waals surface area contributed by atoms with Crippen molar-refractivity contribution in [3.63, 3.8) is 0 Å². The molecule has 0 saturated heterocycles. The molecule has 1 aromatic rings. The fourth-order valence-corrected chi connectivity index (χ4v) is 3.67. The zero-order valence-corrected chi connectivity index (χ0v) is 15.6. The first-order valence-electron chi connectivity index (χ1n) is 6.41. The molecule has 0 aliphatic carbocycles. The monoisotopic (exact) mass is 427 g/mol. The third kappa shape index (κ3) is 5.71. The molecule has 0 aliphatic heterocycles. The van der Waals surface area contributed by atoms with Gasteiger partial charge in [0.15, 0.2) is 9.84 Å². The fourth-order valence-electron chi connectivity index (χ4n) is 1.54. The van der Waals surface area contributed by atoms with Crippen molar-refractivity contribution < 1.29 is 13.2 Å². The molecule has 4 nitrogen and oxygen atoms in total. The lowest BCUT2D eigenvalue weighted by Crippen LogP contribution is -2.16. The molecule has 0 unspecified atom stereocenters. The summed E-state index contributed by atoms with van der Waals surface area (Å²) in [6, 6.07) is 3.94. The molecule has 0 heterocycles. The molecule has 0 atom stereocenters. The summed E-state index contributed by atoms with van der Waals surface area (Å²) in [5.74, 6) is 0.804. The van der Waals surface area contributed by atoms with Crippen molar-refractivity contribution in [2.24, 2.45) is 0 Å². The smallest absolute Gasteiger partial charge is 0.153 e. The quantitative estimate of drug-likeness (QED) is 0.690. The van der Waals surface area contributed by atoms with E-state index in [9.17, 15) is 8.42 Å². The Morgan fingerprint density at radius 2 is 1.80 bits per heavy atom. The first-order valence-corrected chi connectivity index (χ1v) is 9.82. The molecule has 1 aromatic carbocycles. The summed E-state index contributed by atoms with van der Waals surface area (Å²) < 4.78 is 30.0. The minimum atomic E-state index is -3.00. The maximum Gasteiger partial charge on any atom is 0.153 e. The number of sulfone groups is 1. The Morgan fingerprint density at radius 3 is 2.30 bits per heavy atom. The second-order valence-electron chi connectivity index (χ2n) is 4.25. The van der Waals surface area contributed by atoms with Crippen LogP contribution in [-0.2, 0) is 16.4 Å². The maximum absolute atomic E-state index is 11.4. The van der Waals surface area contributed by atoms with Gasteiger partial charge in [0.05, 0.1) is 14.7 Å². The lowest BCUT2D eigenvalue weighted by Gasteiger charge is -2.12. The average Bonchev–Trinajstić information content (AvgIpc) is 2.39. The molecule has 0 aliphatic rings. The molecular formula is C13H19Br2NO3S. The van der Waals surface area contributed by atoms with Crippen LogP contribution in [-0.4, -0.2) is 33.1 Å². The first kappa shape index (κ1) is 17.9. The van der Waals surface area contributed by atoms with Gasteiger partial charge in [-0.3, -0.25) is 0 Å². The van der Waals surface area contributed by atoms with Crippen LogP contribution in [0.25, 0.3) is 0 Å². The summed E-state index contributed by atoms with van der Waals surface area (Å²) >= 11 is 6.91. The lowest BCUT2D eigenvalue weighted by atomic mass is 10.2. The van der Waals surface area contributed by atoms with Crippen molar-refractivity contribution in [1.82, 2.24) is 5.32 Å². The van der Waals surface area contributed by atoms with Gasteiger partial charge in [0.2, 0.25) is 0 Å². The number of ether oxygens (including phenoxy) is 1. The third-order valence-corrected chi connectivity index (χ3v) is 5.56. The Hall–Kier alpha value is -0.110. The predicted octanol–water partition coefficient (Wildman–Crippen LogP) is 3.13. The lowest BCUT2D eigenvalue weighted by molar-refractivity contribution is 0.336. The highest BCUT2D eigenvalue weighted by Gasteiger charge is 2.12. The number of hydrogen-bond acceptors (Lipinski definition) is 4. The van der Waals surface area contributed by atoms with Gasteiger partial charge < -0.3 is 10.1 Å². The third-order valence-electron chi connectivity index (χ3n) is 2.72. The van der Waals surface area contributed by atoms with E-state index in [1.165, 1.54) is 0 Å². The zero-order valence-electron chi connectivity index (χ0n) is 11.6.